The Balaban J connectivity index is 1.54. The highest BCUT2D eigenvalue weighted by Crippen LogP contribution is 2.27. The third-order valence-corrected chi connectivity index (χ3v) is 6.23. The topological polar surface area (TPSA) is 54.8 Å². The standard InChI is InChI=1S/C22H25N3O3S/c1-3-28-22(27)24-11-9-23(10-12-24)20(26)19-14-18-8-13-29-21(18)25(19)15-17-6-4-16(2)5-7-17/h4-8,13-14H,3,9-12,15H2,1-2H3. The highest BCUT2D eigenvalue weighted by Gasteiger charge is 2.28. The summed E-state index contributed by atoms with van der Waals surface area (Å²) in [5.74, 6) is 0.0176. The van der Waals surface area contributed by atoms with Crippen LogP contribution in [0.1, 0.15) is 28.5 Å². The Bertz CT molecular complexity index is 1010. The molecule has 6 nitrogen and oxygen atoms in total. The van der Waals surface area contributed by atoms with Crippen LogP contribution in [0.3, 0.4) is 0 Å². The zero-order chi connectivity index (χ0) is 20.4. The molecule has 0 aliphatic carbocycles. The maximum atomic E-state index is 13.3. The van der Waals surface area contributed by atoms with Crippen LogP contribution >= 0.6 is 11.3 Å². The Morgan fingerprint density at radius 1 is 1.03 bits per heavy atom. The summed E-state index contributed by atoms with van der Waals surface area (Å²) in [5.41, 5.74) is 3.10. The van der Waals surface area contributed by atoms with E-state index in [2.05, 4.69) is 47.2 Å². The van der Waals surface area contributed by atoms with E-state index >= 15 is 0 Å². The van der Waals surface area contributed by atoms with E-state index in [1.165, 1.54) is 11.1 Å². The fraction of sp³-hybridized carbons (Fsp3) is 0.364. The molecule has 4 rings (SSSR count). The fourth-order valence-corrected chi connectivity index (χ4v) is 4.55. The van der Waals surface area contributed by atoms with Crippen LogP contribution in [0.5, 0.6) is 0 Å². The van der Waals surface area contributed by atoms with Gasteiger partial charge in [0, 0.05) is 38.1 Å². The minimum atomic E-state index is -0.303. The van der Waals surface area contributed by atoms with Crippen molar-refractivity contribution in [2.24, 2.45) is 0 Å². The second-order valence-electron chi connectivity index (χ2n) is 7.26. The first-order chi connectivity index (χ1) is 14.1. The number of carbonyl (C=O) groups excluding carboxylic acids is 2. The number of aromatic nitrogens is 1. The lowest BCUT2D eigenvalue weighted by atomic mass is 10.1. The number of nitrogens with zero attached hydrogens (tertiary/aromatic N) is 3. The van der Waals surface area contributed by atoms with Crippen molar-refractivity contribution in [2.45, 2.75) is 20.4 Å². The van der Waals surface area contributed by atoms with Crippen molar-refractivity contribution >= 4 is 33.6 Å². The Morgan fingerprint density at radius 3 is 2.41 bits per heavy atom. The molecular formula is C22H25N3O3S. The molecule has 1 aromatic carbocycles. The molecule has 2 amide bonds. The summed E-state index contributed by atoms with van der Waals surface area (Å²) >= 11 is 1.65. The van der Waals surface area contributed by atoms with Crippen molar-refractivity contribution in [3.05, 3.63) is 58.6 Å². The van der Waals surface area contributed by atoms with Crippen molar-refractivity contribution in [1.29, 1.82) is 0 Å². The van der Waals surface area contributed by atoms with Gasteiger partial charge in [-0.15, -0.1) is 11.3 Å². The maximum absolute atomic E-state index is 13.3. The Hall–Kier alpha value is -2.80. The van der Waals surface area contributed by atoms with Gasteiger partial charge in [0.1, 0.15) is 10.5 Å². The summed E-state index contributed by atoms with van der Waals surface area (Å²) in [5, 5.41) is 3.15. The number of amides is 2. The number of thiophene rings is 1. The second-order valence-corrected chi connectivity index (χ2v) is 8.16. The first kappa shape index (κ1) is 19.5. The number of piperazine rings is 1. The molecule has 0 spiro atoms. The number of benzene rings is 1. The van der Waals surface area contributed by atoms with E-state index in [4.69, 9.17) is 4.74 Å². The van der Waals surface area contributed by atoms with Gasteiger partial charge in [0.2, 0.25) is 0 Å². The van der Waals surface area contributed by atoms with Crippen LogP contribution < -0.4 is 0 Å². The molecule has 1 fully saturated rings. The van der Waals surface area contributed by atoms with Crippen LogP contribution in [0, 0.1) is 6.92 Å². The first-order valence-electron chi connectivity index (χ1n) is 9.90. The number of ether oxygens (including phenoxy) is 1. The number of aryl methyl sites for hydroxylation is 1. The van der Waals surface area contributed by atoms with Crippen molar-refractivity contribution in [3.8, 4) is 0 Å². The molecule has 3 heterocycles. The van der Waals surface area contributed by atoms with Gasteiger partial charge >= 0.3 is 6.09 Å². The van der Waals surface area contributed by atoms with Gasteiger partial charge < -0.3 is 19.1 Å². The number of fused-ring (bicyclic) bond motifs is 1. The van der Waals surface area contributed by atoms with Gasteiger partial charge in [0.25, 0.3) is 5.91 Å². The monoisotopic (exact) mass is 411 g/mol. The number of carbonyl (C=O) groups is 2. The van der Waals surface area contributed by atoms with Gasteiger partial charge in [-0.05, 0) is 36.9 Å². The molecule has 1 aliphatic rings. The largest absolute Gasteiger partial charge is 0.450 e. The summed E-state index contributed by atoms with van der Waals surface area (Å²) in [6, 6.07) is 12.5. The molecule has 0 atom stereocenters. The van der Waals surface area contributed by atoms with Crippen molar-refractivity contribution < 1.29 is 14.3 Å². The van der Waals surface area contributed by atoms with E-state index in [-0.39, 0.29) is 12.0 Å². The van der Waals surface area contributed by atoms with E-state index in [9.17, 15) is 9.59 Å². The van der Waals surface area contributed by atoms with Crippen LogP contribution in [0.15, 0.2) is 41.8 Å². The van der Waals surface area contributed by atoms with Crippen LogP contribution in [0.25, 0.3) is 10.2 Å². The molecule has 1 saturated heterocycles. The third kappa shape index (κ3) is 4.00. The molecule has 3 aromatic rings. The normalized spacial score (nSPS) is 14.4. The molecule has 0 radical (unpaired) electrons. The van der Waals surface area contributed by atoms with Gasteiger partial charge in [-0.3, -0.25) is 4.79 Å². The molecule has 152 valence electrons. The zero-order valence-electron chi connectivity index (χ0n) is 16.8. The van der Waals surface area contributed by atoms with E-state index in [0.717, 1.165) is 10.2 Å². The van der Waals surface area contributed by atoms with Gasteiger partial charge in [0.15, 0.2) is 0 Å². The molecule has 2 aromatic heterocycles. The van der Waals surface area contributed by atoms with Crippen LogP contribution in [0.4, 0.5) is 4.79 Å². The number of hydrogen-bond donors (Lipinski definition) is 0. The smallest absolute Gasteiger partial charge is 0.409 e. The molecule has 0 saturated carbocycles. The van der Waals surface area contributed by atoms with E-state index in [1.807, 2.05) is 11.0 Å². The summed E-state index contributed by atoms with van der Waals surface area (Å²) in [6.45, 7) is 6.92. The molecular weight excluding hydrogens is 386 g/mol. The van der Waals surface area contributed by atoms with Crippen LogP contribution in [-0.2, 0) is 11.3 Å². The number of hydrogen-bond acceptors (Lipinski definition) is 4. The highest BCUT2D eigenvalue weighted by atomic mass is 32.1. The maximum Gasteiger partial charge on any atom is 0.409 e. The Morgan fingerprint density at radius 2 is 1.72 bits per heavy atom. The Labute approximate surface area is 174 Å². The van der Waals surface area contributed by atoms with Crippen molar-refractivity contribution in [1.82, 2.24) is 14.4 Å². The average molecular weight is 412 g/mol. The number of rotatable bonds is 4. The van der Waals surface area contributed by atoms with Gasteiger partial charge in [-0.25, -0.2) is 4.79 Å². The molecule has 7 heteroatoms. The van der Waals surface area contributed by atoms with Gasteiger partial charge in [0.05, 0.1) is 6.61 Å². The average Bonchev–Trinajstić information content (AvgIpc) is 3.32. The predicted molar refractivity (Wildman–Crippen MR) is 115 cm³/mol. The first-order valence-corrected chi connectivity index (χ1v) is 10.8. The summed E-state index contributed by atoms with van der Waals surface area (Å²) in [4.78, 5) is 29.8. The fourth-order valence-electron chi connectivity index (χ4n) is 3.65. The molecule has 1 aliphatic heterocycles. The lowest BCUT2D eigenvalue weighted by Gasteiger charge is -2.34. The van der Waals surface area contributed by atoms with Crippen LogP contribution in [0.2, 0.25) is 0 Å². The summed E-state index contributed by atoms with van der Waals surface area (Å²) in [6.07, 6.45) is -0.303. The minimum absolute atomic E-state index is 0.0176. The lowest BCUT2D eigenvalue weighted by molar-refractivity contribution is 0.0563. The van der Waals surface area contributed by atoms with Gasteiger partial charge in [-0.2, -0.15) is 0 Å². The Kier molecular flexibility index (Phi) is 5.58. The summed E-state index contributed by atoms with van der Waals surface area (Å²) < 4.78 is 7.18. The second kappa shape index (κ2) is 8.29. The third-order valence-electron chi connectivity index (χ3n) is 5.28. The molecule has 0 N–H and O–H groups in total. The predicted octanol–water partition coefficient (Wildman–Crippen LogP) is 3.97. The van der Waals surface area contributed by atoms with E-state index < -0.39 is 0 Å². The molecule has 0 unspecified atom stereocenters. The SMILES string of the molecule is CCOC(=O)N1CCN(C(=O)c2cc3ccsc3n2Cc2ccc(C)cc2)CC1. The minimum Gasteiger partial charge on any atom is -0.450 e. The lowest BCUT2D eigenvalue weighted by Crippen LogP contribution is -2.51. The van der Waals surface area contributed by atoms with E-state index in [1.54, 1.807) is 23.2 Å². The highest BCUT2D eigenvalue weighted by molar-refractivity contribution is 7.16. The van der Waals surface area contributed by atoms with Crippen LogP contribution in [-0.4, -0.2) is 59.2 Å². The zero-order valence-corrected chi connectivity index (χ0v) is 17.6. The summed E-state index contributed by atoms with van der Waals surface area (Å²) in [7, 11) is 0. The van der Waals surface area contributed by atoms with Crippen molar-refractivity contribution in [2.75, 3.05) is 32.8 Å². The molecule has 0 bridgehead atoms. The quantitative estimate of drug-likeness (QED) is 0.653. The van der Waals surface area contributed by atoms with Gasteiger partial charge in [-0.1, -0.05) is 29.8 Å². The molecule has 29 heavy (non-hydrogen) atoms. The van der Waals surface area contributed by atoms with Crippen molar-refractivity contribution in [3.63, 3.8) is 0 Å². The van der Waals surface area contributed by atoms with E-state index in [0.29, 0.717) is 45.0 Å².